The van der Waals surface area contributed by atoms with Gasteiger partial charge in [0.25, 0.3) is 11.8 Å². The van der Waals surface area contributed by atoms with Crippen molar-refractivity contribution in [3.8, 4) is 5.75 Å². The van der Waals surface area contributed by atoms with Crippen LogP contribution in [0.1, 0.15) is 49.1 Å². The summed E-state index contributed by atoms with van der Waals surface area (Å²) in [5.41, 5.74) is 3.48. The van der Waals surface area contributed by atoms with Gasteiger partial charge in [-0.1, -0.05) is 17.7 Å². The van der Waals surface area contributed by atoms with Gasteiger partial charge in [-0.25, -0.2) is 9.69 Å². The third-order valence-electron chi connectivity index (χ3n) is 5.10. The summed E-state index contributed by atoms with van der Waals surface area (Å²) in [6.07, 6.45) is 0. The van der Waals surface area contributed by atoms with Gasteiger partial charge < -0.3 is 10.1 Å². The molecule has 0 saturated heterocycles. The highest BCUT2D eigenvalue weighted by Crippen LogP contribution is 2.31. The molecule has 1 heterocycles. The fourth-order valence-corrected chi connectivity index (χ4v) is 3.62. The molecule has 32 heavy (non-hydrogen) atoms. The Morgan fingerprint density at radius 1 is 0.844 bits per heavy atom. The zero-order valence-electron chi connectivity index (χ0n) is 17.8. The van der Waals surface area contributed by atoms with Crippen LogP contribution in [0.3, 0.4) is 0 Å². The number of rotatable bonds is 4. The van der Waals surface area contributed by atoms with Crippen molar-refractivity contribution >= 4 is 35.1 Å². The topological polar surface area (TPSA) is 92.8 Å². The van der Waals surface area contributed by atoms with E-state index in [0.29, 0.717) is 11.4 Å². The van der Waals surface area contributed by atoms with Crippen molar-refractivity contribution in [1.82, 2.24) is 0 Å². The number of amides is 3. The number of ether oxygens (including phenoxy) is 1. The number of fused-ring (bicyclic) bond motifs is 1. The lowest BCUT2D eigenvalue weighted by atomic mass is 10.1. The maximum atomic E-state index is 13.0. The maximum absolute atomic E-state index is 13.0. The van der Waals surface area contributed by atoms with Gasteiger partial charge in [0, 0.05) is 12.6 Å². The predicted octanol–water partition coefficient (Wildman–Crippen LogP) is 4.28. The molecule has 0 bridgehead atoms. The summed E-state index contributed by atoms with van der Waals surface area (Å²) in [7, 11) is 0. The van der Waals surface area contributed by atoms with E-state index in [-0.39, 0.29) is 28.3 Å². The molecule has 3 aromatic rings. The molecule has 4 rings (SSSR count). The Morgan fingerprint density at radius 2 is 1.53 bits per heavy atom. The first-order valence-electron chi connectivity index (χ1n) is 9.94. The van der Waals surface area contributed by atoms with Gasteiger partial charge >= 0.3 is 5.97 Å². The lowest BCUT2D eigenvalue weighted by Crippen LogP contribution is -2.30. The molecule has 1 aliphatic rings. The van der Waals surface area contributed by atoms with E-state index in [2.05, 4.69) is 5.32 Å². The Balaban J connectivity index is 1.57. The molecule has 3 amide bonds. The monoisotopic (exact) mass is 428 g/mol. The van der Waals surface area contributed by atoms with E-state index in [1.807, 2.05) is 26.0 Å². The molecule has 1 N–H and O–H groups in total. The van der Waals surface area contributed by atoms with Crippen molar-refractivity contribution in [2.75, 3.05) is 10.2 Å². The molecular weight excluding hydrogens is 408 g/mol. The number of aryl methyl sites for hydroxylation is 2. The second kappa shape index (κ2) is 8.11. The van der Waals surface area contributed by atoms with E-state index in [0.717, 1.165) is 16.0 Å². The van der Waals surface area contributed by atoms with Crippen molar-refractivity contribution < 1.29 is 23.9 Å². The molecule has 0 aliphatic carbocycles. The molecule has 0 fully saturated rings. The lowest BCUT2D eigenvalue weighted by Gasteiger charge is -2.16. The van der Waals surface area contributed by atoms with Crippen LogP contribution in [0.5, 0.6) is 5.75 Å². The fourth-order valence-electron chi connectivity index (χ4n) is 3.62. The van der Waals surface area contributed by atoms with Crippen LogP contribution in [0, 0.1) is 13.8 Å². The highest BCUT2D eigenvalue weighted by molar-refractivity contribution is 6.35. The van der Waals surface area contributed by atoms with Gasteiger partial charge in [0.15, 0.2) is 0 Å². The quantitative estimate of drug-likeness (QED) is 0.380. The molecule has 7 heteroatoms. The Labute approximate surface area is 184 Å². The highest BCUT2D eigenvalue weighted by Gasteiger charge is 2.37. The third kappa shape index (κ3) is 3.88. The first-order valence-corrected chi connectivity index (χ1v) is 9.94. The molecule has 160 valence electrons. The minimum Gasteiger partial charge on any atom is -0.423 e. The number of carbonyl (C=O) groups is 4. The zero-order chi connectivity index (χ0) is 23.0. The van der Waals surface area contributed by atoms with E-state index in [1.165, 1.54) is 25.1 Å². The average molecular weight is 428 g/mol. The molecule has 0 aromatic heterocycles. The molecule has 1 aliphatic heterocycles. The van der Waals surface area contributed by atoms with E-state index in [4.69, 9.17) is 4.74 Å². The number of esters is 1. The summed E-state index contributed by atoms with van der Waals surface area (Å²) < 4.78 is 5.36. The van der Waals surface area contributed by atoms with Crippen molar-refractivity contribution in [3.05, 3.63) is 88.5 Å². The van der Waals surface area contributed by atoms with Gasteiger partial charge in [-0.15, -0.1) is 0 Å². The van der Waals surface area contributed by atoms with Crippen LogP contribution in [0.2, 0.25) is 0 Å². The van der Waals surface area contributed by atoms with Crippen LogP contribution in [-0.4, -0.2) is 23.7 Å². The SMILES string of the molecule is CC(=O)Nc1ccc(OC(=O)c2ccc3c(c2)C(=O)N(c2ccc(C)cc2C)C3=O)cc1. The first-order chi connectivity index (χ1) is 15.2. The number of hydrogen-bond donors (Lipinski definition) is 1. The van der Waals surface area contributed by atoms with Gasteiger partial charge in [0.05, 0.1) is 22.4 Å². The fraction of sp³-hybridized carbons (Fsp3) is 0.120. The second-order valence-electron chi connectivity index (χ2n) is 7.59. The molecule has 0 spiro atoms. The first kappa shape index (κ1) is 21.0. The van der Waals surface area contributed by atoms with Crippen molar-refractivity contribution in [3.63, 3.8) is 0 Å². The number of nitrogens with one attached hydrogen (secondary N) is 1. The van der Waals surface area contributed by atoms with Crippen LogP contribution in [0.4, 0.5) is 11.4 Å². The van der Waals surface area contributed by atoms with E-state index in [9.17, 15) is 19.2 Å². The van der Waals surface area contributed by atoms with Crippen molar-refractivity contribution in [2.24, 2.45) is 0 Å². The number of benzene rings is 3. The Kier molecular flexibility index (Phi) is 5.32. The van der Waals surface area contributed by atoms with Gasteiger partial charge in [-0.05, 0) is 67.9 Å². The van der Waals surface area contributed by atoms with Crippen LogP contribution in [0.25, 0.3) is 0 Å². The minimum absolute atomic E-state index is 0.151. The zero-order valence-corrected chi connectivity index (χ0v) is 17.8. The minimum atomic E-state index is -0.662. The molecule has 7 nitrogen and oxygen atoms in total. The van der Waals surface area contributed by atoms with Crippen LogP contribution < -0.4 is 15.0 Å². The van der Waals surface area contributed by atoms with Crippen LogP contribution in [-0.2, 0) is 4.79 Å². The summed E-state index contributed by atoms with van der Waals surface area (Å²) in [4.78, 5) is 50.7. The number of nitrogens with zero attached hydrogens (tertiary/aromatic N) is 1. The summed E-state index contributed by atoms with van der Waals surface area (Å²) in [6, 6.07) is 16.1. The maximum Gasteiger partial charge on any atom is 0.343 e. The standard InChI is InChI=1S/C25H20N2O5/c1-14-4-11-22(15(2)12-14)27-23(29)20-10-5-17(13-21(20)24(27)30)25(31)32-19-8-6-18(7-9-19)26-16(3)28/h4-13H,1-3H3,(H,26,28). The molecule has 0 radical (unpaired) electrons. The summed E-state index contributed by atoms with van der Waals surface area (Å²) in [5, 5.41) is 2.63. The van der Waals surface area contributed by atoms with Crippen molar-refractivity contribution in [2.45, 2.75) is 20.8 Å². The van der Waals surface area contributed by atoms with Crippen LogP contribution in [0.15, 0.2) is 60.7 Å². The largest absolute Gasteiger partial charge is 0.423 e. The molecule has 3 aromatic carbocycles. The van der Waals surface area contributed by atoms with Gasteiger partial charge in [-0.2, -0.15) is 0 Å². The number of imide groups is 1. The number of anilines is 2. The normalized spacial score (nSPS) is 12.5. The number of hydrogen-bond acceptors (Lipinski definition) is 5. The Hall–Kier alpha value is -4.26. The van der Waals surface area contributed by atoms with Gasteiger partial charge in [0.2, 0.25) is 5.91 Å². The predicted molar refractivity (Wildman–Crippen MR) is 119 cm³/mol. The van der Waals surface area contributed by atoms with E-state index in [1.54, 1.807) is 30.3 Å². The molecular formula is C25H20N2O5. The molecule has 0 unspecified atom stereocenters. The van der Waals surface area contributed by atoms with E-state index >= 15 is 0 Å². The van der Waals surface area contributed by atoms with Gasteiger partial charge in [0.1, 0.15) is 5.75 Å². The lowest BCUT2D eigenvalue weighted by molar-refractivity contribution is -0.114. The smallest absolute Gasteiger partial charge is 0.343 e. The Morgan fingerprint density at radius 3 is 2.19 bits per heavy atom. The summed E-state index contributed by atoms with van der Waals surface area (Å²) in [6.45, 7) is 5.17. The average Bonchev–Trinajstić information content (AvgIpc) is 2.99. The van der Waals surface area contributed by atoms with Gasteiger partial charge in [-0.3, -0.25) is 14.4 Å². The second-order valence-corrected chi connectivity index (χ2v) is 7.59. The highest BCUT2D eigenvalue weighted by atomic mass is 16.5. The van der Waals surface area contributed by atoms with Crippen LogP contribution >= 0.6 is 0 Å². The molecule has 0 atom stereocenters. The number of carbonyl (C=O) groups excluding carboxylic acids is 4. The Bertz CT molecular complexity index is 1280. The van der Waals surface area contributed by atoms with Crippen molar-refractivity contribution in [1.29, 1.82) is 0 Å². The summed E-state index contributed by atoms with van der Waals surface area (Å²) >= 11 is 0. The molecule has 0 saturated carbocycles. The van der Waals surface area contributed by atoms with E-state index < -0.39 is 17.8 Å². The summed E-state index contributed by atoms with van der Waals surface area (Å²) in [5.74, 6) is -1.49. The third-order valence-corrected chi connectivity index (χ3v) is 5.10.